The Labute approximate surface area is 133 Å². The molecular formula is C18H16FN3O. The lowest BCUT2D eigenvalue weighted by atomic mass is 10.1. The van der Waals surface area contributed by atoms with Crippen LogP contribution < -0.4 is 4.90 Å². The first-order chi connectivity index (χ1) is 11.2. The predicted octanol–water partition coefficient (Wildman–Crippen LogP) is 3.89. The number of hydrogen-bond donors (Lipinski definition) is 1. The van der Waals surface area contributed by atoms with Crippen molar-refractivity contribution < 1.29 is 9.18 Å². The van der Waals surface area contributed by atoms with Gasteiger partial charge in [0.1, 0.15) is 11.6 Å². The van der Waals surface area contributed by atoms with Gasteiger partial charge < -0.3 is 4.98 Å². The molecule has 1 aliphatic rings. The summed E-state index contributed by atoms with van der Waals surface area (Å²) in [6, 6.07) is 8.52. The lowest BCUT2D eigenvalue weighted by molar-refractivity contribution is -0.119. The molecule has 0 atom stereocenters. The molecule has 1 fully saturated rings. The van der Waals surface area contributed by atoms with Crippen molar-refractivity contribution in [1.82, 2.24) is 9.97 Å². The average molecular weight is 309 g/mol. The van der Waals surface area contributed by atoms with E-state index in [1.54, 1.807) is 17.2 Å². The maximum atomic E-state index is 13.3. The quantitative estimate of drug-likeness (QED) is 0.781. The molecule has 0 saturated carbocycles. The van der Waals surface area contributed by atoms with Crippen LogP contribution in [-0.4, -0.2) is 22.4 Å². The fourth-order valence-corrected chi connectivity index (χ4v) is 3.09. The molecule has 0 radical (unpaired) electrons. The highest BCUT2D eigenvalue weighted by Gasteiger charge is 2.20. The molecular weight excluding hydrogens is 293 g/mol. The maximum absolute atomic E-state index is 13.3. The number of piperidine rings is 1. The van der Waals surface area contributed by atoms with Crippen molar-refractivity contribution in [2.75, 3.05) is 11.4 Å². The third-order valence-corrected chi connectivity index (χ3v) is 4.30. The zero-order chi connectivity index (χ0) is 15.8. The van der Waals surface area contributed by atoms with Gasteiger partial charge in [-0.25, -0.2) is 9.37 Å². The highest BCUT2D eigenvalue weighted by molar-refractivity contribution is 5.96. The largest absolute Gasteiger partial charge is 0.360 e. The molecule has 1 aromatic carbocycles. The van der Waals surface area contributed by atoms with Crippen LogP contribution >= 0.6 is 0 Å². The third kappa shape index (κ3) is 2.48. The first-order valence-electron chi connectivity index (χ1n) is 7.76. The number of aromatic nitrogens is 2. The number of carbonyl (C=O) groups excluding carboxylic acids is 1. The zero-order valence-electron chi connectivity index (χ0n) is 12.6. The van der Waals surface area contributed by atoms with E-state index in [2.05, 4.69) is 9.97 Å². The maximum Gasteiger partial charge on any atom is 0.228 e. The standard InChI is InChI=1S/C18H16FN3O/c19-13-5-6-14-15(11-20-16(14)9-13)12-4-7-17(21-10-12)22-8-2-1-3-18(22)23/h4-7,9-11,20H,1-3,8H2. The van der Waals surface area contributed by atoms with Crippen molar-refractivity contribution in [3.63, 3.8) is 0 Å². The minimum absolute atomic E-state index is 0.138. The van der Waals surface area contributed by atoms with Gasteiger partial charge in [0.2, 0.25) is 5.91 Å². The van der Waals surface area contributed by atoms with Crippen molar-refractivity contribution in [1.29, 1.82) is 0 Å². The second-order valence-electron chi connectivity index (χ2n) is 5.80. The van der Waals surface area contributed by atoms with Gasteiger partial charge in [-0.3, -0.25) is 9.69 Å². The molecule has 0 unspecified atom stereocenters. The van der Waals surface area contributed by atoms with Gasteiger partial charge in [0, 0.05) is 47.4 Å². The minimum atomic E-state index is -0.261. The number of amides is 1. The van der Waals surface area contributed by atoms with E-state index >= 15 is 0 Å². The Bertz CT molecular complexity index is 870. The van der Waals surface area contributed by atoms with Crippen molar-refractivity contribution in [3.05, 3.63) is 48.5 Å². The Balaban J connectivity index is 1.68. The van der Waals surface area contributed by atoms with Gasteiger partial charge in [-0.2, -0.15) is 0 Å². The Morgan fingerprint density at radius 3 is 2.87 bits per heavy atom. The monoisotopic (exact) mass is 309 g/mol. The summed E-state index contributed by atoms with van der Waals surface area (Å²) in [5, 5.41) is 0.954. The fourth-order valence-electron chi connectivity index (χ4n) is 3.09. The number of aromatic amines is 1. The lowest BCUT2D eigenvalue weighted by Crippen LogP contribution is -2.35. The van der Waals surface area contributed by atoms with Crippen molar-refractivity contribution >= 4 is 22.6 Å². The first kappa shape index (κ1) is 13.9. The molecule has 3 heterocycles. The normalized spacial score (nSPS) is 15.3. The van der Waals surface area contributed by atoms with Crippen molar-refractivity contribution in [2.24, 2.45) is 0 Å². The Kier molecular flexibility index (Phi) is 3.33. The van der Waals surface area contributed by atoms with Crippen LogP contribution in [0, 0.1) is 5.82 Å². The second-order valence-corrected chi connectivity index (χ2v) is 5.80. The molecule has 0 aliphatic carbocycles. The van der Waals surface area contributed by atoms with Crippen LogP contribution in [0.25, 0.3) is 22.0 Å². The topological polar surface area (TPSA) is 49.0 Å². The number of benzene rings is 1. The van der Waals surface area contributed by atoms with E-state index in [-0.39, 0.29) is 11.7 Å². The summed E-state index contributed by atoms with van der Waals surface area (Å²) in [6.07, 6.45) is 6.19. The van der Waals surface area contributed by atoms with E-state index in [0.29, 0.717) is 12.2 Å². The van der Waals surface area contributed by atoms with Gasteiger partial charge in [0.05, 0.1) is 0 Å². The number of rotatable bonds is 2. The van der Waals surface area contributed by atoms with E-state index in [1.165, 1.54) is 12.1 Å². The van der Waals surface area contributed by atoms with Gasteiger partial charge >= 0.3 is 0 Å². The Morgan fingerprint density at radius 1 is 1.17 bits per heavy atom. The predicted molar refractivity (Wildman–Crippen MR) is 87.7 cm³/mol. The van der Waals surface area contributed by atoms with E-state index in [1.807, 2.05) is 18.3 Å². The van der Waals surface area contributed by atoms with Gasteiger partial charge in [0.25, 0.3) is 0 Å². The molecule has 3 aromatic rings. The number of H-pyrrole nitrogens is 1. The van der Waals surface area contributed by atoms with Crippen molar-refractivity contribution in [3.8, 4) is 11.1 Å². The van der Waals surface area contributed by atoms with Gasteiger partial charge in [0.15, 0.2) is 0 Å². The van der Waals surface area contributed by atoms with Crippen LogP contribution in [0.5, 0.6) is 0 Å². The Hall–Kier alpha value is -2.69. The number of anilines is 1. The van der Waals surface area contributed by atoms with Crippen LogP contribution in [0.15, 0.2) is 42.7 Å². The van der Waals surface area contributed by atoms with Crippen LogP contribution in [0.4, 0.5) is 10.2 Å². The van der Waals surface area contributed by atoms with E-state index < -0.39 is 0 Å². The van der Waals surface area contributed by atoms with Crippen LogP contribution in [0.2, 0.25) is 0 Å². The highest BCUT2D eigenvalue weighted by atomic mass is 19.1. The van der Waals surface area contributed by atoms with Crippen molar-refractivity contribution in [2.45, 2.75) is 19.3 Å². The van der Waals surface area contributed by atoms with Gasteiger partial charge in [-0.1, -0.05) is 0 Å². The Morgan fingerprint density at radius 2 is 2.09 bits per heavy atom. The average Bonchev–Trinajstić information content (AvgIpc) is 2.98. The molecule has 116 valence electrons. The van der Waals surface area contributed by atoms with Crippen LogP contribution in [-0.2, 0) is 4.79 Å². The SMILES string of the molecule is O=C1CCCCN1c1ccc(-c2c[nH]c3cc(F)ccc23)cn1. The summed E-state index contributed by atoms with van der Waals surface area (Å²) in [6.45, 7) is 0.734. The molecule has 1 amide bonds. The number of nitrogens with one attached hydrogen (secondary N) is 1. The third-order valence-electron chi connectivity index (χ3n) is 4.30. The minimum Gasteiger partial charge on any atom is -0.360 e. The van der Waals surface area contributed by atoms with Gasteiger partial charge in [-0.05, 0) is 43.2 Å². The summed E-state index contributed by atoms with van der Waals surface area (Å²) < 4.78 is 13.3. The number of pyridine rings is 1. The molecule has 4 rings (SSSR count). The van der Waals surface area contributed by atoms with Gasteiger partial charge in [-0.15, -0.1) is 0 Å². The molecule has 1 aliphatic heterocycles. The highest BCUT2D eigenvalue weighted by Crippen LogP contribution is 2.30. The molecule has 0 bridgehead atoms. The van der Waals surface area contributed by atoms with Crippen LogP contribution in [0.3, 0.4) is 0 Å². The summed E-state index contributed by atoms with van der Waals surface area (Å²) in [4.78, 5) is 21.2. The number of carbonyl (C=O) groups is 1. The molecule has 4 nitrogen and oxygen atoms in total. The van der Waals surface area contributed by atoms with E-state index in [0.717, 1.165) is 41.4 Å². The molecule has 2 aromatic heterocycles. The smallest absolute Gasteiger partial charge is 0.228 e. The molecule has 1 N–H and O–H groups in total. The summed E-state index contributed by atoms with van der Waals surface area (Å²) in [5.41, 5.74) is 2.68. The molecule has 23 heavy (non-hydrogen) atoms. The number of hydrogen-bond acceptors (Lipinski definition) is 2. The molecule has 0 spiro atoms. The lowest BCUT2D eigenvalue weighted by Gasteiger charge is -2.25. The van der Waals surface area contributed by atoms with E-state index in [9.17, 15) is 9.18 Å². The summed E-state index contributed by atoms with van der Waals surface area (Å²) in [5.74, 6) is 0.575. The second kappa shape index (κ2) is 5.50. The molecule has 5 heteroatoms. The first-order valence-corrected chi connectivity index (χ1v) is 7.76. The van der Waals surface area contributed by atoms with Crippen LogP contribution in [0.1, 0.15) is 19.3 Å². The van der Waals surface area contributed by atoms with E-state index in [4.69, 9.17) is 0 Å². The zero-order valence-corrected chi connectivity index (χ0v) is 12.6. The summed E-state index contributed by atoms with van der Waals surface area (Å²) >= 11 is 0. The number of halogens is 1. The molecule has 1 saturated heterocycles. The fraction of sp³-hybridized carbons (Fsp3) is 0.222. The summed E-state index contributed by atoms with van der Waals surface area (Å²) in [7, 11) is 0. The number of nitrogens with zero attached hydrogens (tertiary/aromatic N) is 2. The number of fused-ring (bicyclic) bond motifs is 1.